The Kier molecular flexibility index (Phi) is 5.81. The van der Waals surface area contributed by atoms with Crippen LogP contribution in [0, 0.1) is 10.1 Å². The van der Waals surface area contributed by atoms with E-state index in [9.17, 15) is 14.9 Å². The first-order valence-corrected chi connectivity index (χ1v) is 8.23. The summed E-state index contributed by atoms with van der Waals surface area (Å²) in [6.07, 6.45) is 1.37. The maximum Gasteiger partial charge on any atom is 0.339 e. The number of carbonyl (C=O) groups excluding carboxylic acids is 1. The molecule has 0 unspecified atom stereocenters. The van der Waals surface area contributed by atoms with Crippen molar-refractivity contribution < 1.29 is 23.9 Å². The Morgan fingerprint density at radius 3 is 2.46 bits per heavy atom. The monoisotopic (exact) mass is 380 g/mol. The van der Waals surface area contributed by atoms with Gasteiger partial charge < -0.3 is 14.2 Å². The molecule has 0 saturated carbocycles. The van der Waals surface area contributed by atoms with Crippen LogP contribution in [-0.4, -0.2) is 23.0 Å². The van der Waals surface area contributed by atoms with Crippen molar-refractivity contribution in [3.8, 4) is 17.4 Å². The molecule has 1 heterocycles. The molecule has 2 aromatic carbocycles. The average Bonchev–Trinajstić information content (AvgIpc) is 2.73. The fraction of sp³-hybridized carbons (Fsp3) is 0.100. The Morgan fingerprint density at radius 1 is 1.07 bits per heavy atom. The predicted molar refractivity (Wildman–Crippen MR) is 99.5 cm³/mol. The van der Waals surface area contributed by atoms with Crippen molar-refractivity contribution in [2.45, 2.75) is 6.61 Å². The fourth-order valence-corrected chi connectivity index (χ4v) is 2.33. The number of esters is 1. The molecule has 0 atom stereocenters. The minimum absolute atomic E-state index is 0.0237. The van der Waals surface area contributed by atoms with Crippen molar-refractivity contribution in [1.29, 1.82) is 0 Å². The van der Waals surface area contributed by atoms with Crippen molar-refractivity contribution in [2.24, 2.45) is 0 Å². The molecular formula is C20H16N2O6. The van der Waals surface area contributed by atoms with E-state index in [0.717, 1.165) is 0 Å². The second-order valence-corrected chi connectivity index (χ2v) is 5.67. The number of pyridine rings is 1. The van der Waals surface area contributed by atoms with E-state index in [1.165, 1.54) is 25.4 Å². The summed E-state index contributed by atoms with van der Waals surface area (Å²) >= 11 is 0. The molecule has 0 radical (unpaired) electrons. The summed E-state index contributed by atoms with van der Waals surface area (Å²) in [4.78, 5) is 25.8. The topological polar surface area (TPSA) is 101 Å². The van der Waals surface area contributed by atoms with Crippen LogP contribution in [0.3, 0.4) is 0 Å². The second-order valence-electron chi connectivity index (χ2n) is 5.67. The van der Waals surface area contributed by atoms with Gasteiger partial charge in [-0.3, -0.25) is 10.1 Å². The zero-order chi connectivity index (χ0) is 19.9. The minimum Gasteiger partial charge on any atom is -0.489 e. The molecule has 0 aliphatic carbocycles. The minimum atomic E-state index is -0.468. The normalized spacial score (nSPS) is 10.2. The maximum atomic E-state index is 11.4. The van der Waals surface area contributed by atoms with Crippen molar-refractivity contribution in [3.05, 3.63) is 88.1 Å². The van der Waals surface area contributed by atoms with Gasteiger partial charge in [0.25, 0.3) is 5.69 Å². The number of rotatable bonds is 7. The Balaban J connectivity index is 1.58. The molecule has 3 rings (SSSR count). The van der Waals surface area contributed by atoms with Gasteiger partial charge in [-0.25, -0.2) is 9.78 Å². The lowest BCUT2D eigenvalue weighted by Gasteiger charge is -2.08. The number of aromatic nitrogens is 1. The molecule has 142 valence electrons. The standard InChI is InChI=1S/C20H16N2O6/c1-26-20(23)15-5-10-19(21-12-15)28-18-8-6-17(7-9-18)27-13-14-3-2-4-16(11-14)22(24)25/h2-12H,13H2,1H3. The van der Waals surface area contributed by atoms with Gasteiger partial charge in [-0.2, -0.15) is 0 Å². The lowest BCUT2D eigenvalue weighted by Crippen LogP contribution is -2.01. The van der Waals surface area contributed by atoms with Gasteiger partial charge in [0, 0.05) is 24.4 Å². The summed E-state index contributed by atoms with van der Waals surface area (Å²) in [5, 5.41) is 10.8. The molecule has 0 bridgehead atoms. The molecule has 0 amide bonds. The summed E-state index contributed by atoms with van der Waals surface area (Å²) in [7, 11) is 1.30. The number of nitro groups is 1. The Hall–Kier alpha value is -3.94. The Bertz CT molecular complexity index is 971. The first-order chi connectivity index (χ1) is 13.5. The number of benzene rings is 2. The van der Waals surface area contributed by atoms with Gasteiger partial charge >= 0.3 is 5.97 Å². The van der Waals surface area contributed by atoms with E-state index >= 15 is 0 Å². The summed E-state index contributed by atoms with van der Waals surface area (Å²) in [6.45, 7) is 0.207. The summed E-state index contributed by atoms with van der Waals surface area (Å²) in [5.74, 6) is 0.996. The van der Waals surface area contributed by atoms with Crippen LogP contribution >= 0.6 is 0 Å². The first kappa shape index (κ1) is 18.8. The van der Waals surface area contributed by atoms with E-state index in [0.29, 0.717) is 28.5 Å². The summed E-state index contributed by atoms with van der Waals surface area (Å²) < 4.78 is 15.9. The molecule has 8 nitrogen and oxygen atoms in total. The number of ether oxygens (including phenoxy) is 3. The Labute approximate surface area is 160 Å². The third kappa shape index (κ3) is 4.82. The van der Waals surface area contributed by atoms with E-state index in [-0.39, 0.29) is 12.3 Å². The lowest BCUT2D eigenvalue weighted by molar-refractivity contribution is -0.384. The van der Waals surface area contributed by atoms with Crippen LogP contribution in [0.4, 0.5) is 5.69 Å². The highest BCUT2D eigenvalue weighted by Crippen LogP contribution is 2.23. The van der Waals surface area contributed by atoms with Crippen LogP contribution < -0.4 is 9.47 Å². The quantitative estimate of drug-likeness (QED) is 0.345. The molecule has 8 heteroatoms. The zero-order valence-electron chi connectivity index (χ0n) is 14.9. The number of non-ortho nitro benzene ring substituents is 1. The van der Waals surface area contributed by atoms with Gasteiger partial charge in [0.2, 0.25) is 5.88 Å². The van der Waals surface area contributed by atoms with Gasteiger partial charge in [0.1, 0.15) is 18.1 Å². The largest absolute Gasteiger partial charge is 0.489 e. The summed E-state index contributed by atoms with van der Waals surface area (Å²) in [5.41, 5.74) is 1.06. The molecule has 0 aliphatic rings. The van der Waals surface area contributed by atoms with Crippen molar-refractivity contribution >= 4 is 11.7 Å². The second kappa shape index (κ2) is 8.63. The smallest absolute Gasteiger partial charge is 0.339 e. The van der Waals surface area contributed by atoms with Crippen LogP contribution in [0.15, 0.2) is 66.9 Å². The molecular weight excluding hydrogens is 364 g/mol. The van der Waals surface area contributed by atoms with E-state index in [1.807, 2.05) is 0 Å². The van der Waals surface area contributed by atoms with Crippen LogP contribution in [0.1, 0.15) is 15.9 Å². The third-order valence-corrected chi connectivity index (χ3v) is 3.73. The molecule has 0 N–H and O–H groups in total. The summed E-state index contributed by atoms with van der Waals surface area (Å²) in [6, 6.07) is 16.3. The third-order valence-electron chi connectivity index (χ3n) is 3.73. The first-order valence-electron chi connectivity index (χ1n) is 8.23. The van der Waals surface area contributed by atoms with Crippen LogP contribution in [0.25, 0.3) is 0 Å². The van der Waals surface area contributed by atoms with Crippen molar-refractivity contribution in [3.63, 3.8) is 0 Å². The molecule has 3 aromatic rings. The van der Waals surface area contributed by atoms with Gasteiger partial charge in [-0.05, 0) is 35.9 Å². The maximum absolute atomic E-state index is 11.4. The molecule has 0 saturated heterocycles. The Morgan fingerprint density at radius 2 is 1.82 bits per heavy atom. The molecule has 28 heavy (non-hydrogen) atoms. The number of nitrogens with zero attached hydrogens (tertiary/aromatic N) is 2. The molecule has 1 aromatic heterocycles. The van der Waals surface area contributed by atoms with E-state index in [2.05, 4.69) is 9.72 Å². The van der Waals surface area contributed by atoms with Gasteiger partial charge in [0.15, 0.2) is 0 Å². The number of nitro benzene ring substituents is 1. The van der Waals surface area contributed by atoms with Crippen molar-refractivity contribution in [1.82, 2.24) is 4.98 Å². The van der Waals surface area contributed by atoms with Crippen LogP contribution in [0.5, 0.6) is 17.4 Å². The van der Waals surface area contributed by atoms with Crippen LogP contribution in [0.2, 0.25) is 0 Å². The number of carbonyl (C=O) groups is 1. The van der Waals surface area contributed by atoms with Crippen LogP contribution in [-0.2, 0) is 11.3 Å². The highest BCUT2D eigenvalue weighted by Gasteiger charge is 2.08. The van der Waals surface area contributed by atoms with Gasteiger partial charge in [0.05, 0.1) is 17.6 Å². The highest BCUT2D eigenvalue weighted by molar-refractivity contribution is 5.88. The molecule has 0 aliphatic heterocycles. The molecule has 0 fully saturated rings. The SMILES string of the molecule is COC(=O)c1ccc(Oc2ccc(OCc3cccc([N+](=O)[O-])c3)cc2)nc1. The number of hydrogen-bond acceptors (Lipinski definition) is 7. The van der Waals surface area contributed by atoms with E-state index < -0.39 is 10.9 Å². The number of methoxy groups -OCH3 is 1. The van der Waals surface area contributed by atoms with Crippen molar-refractivity contribution in [2.75, 3.05) is 7.11 Å². The fourth-order valence-electron chi connectivity index (χ4n) is 2.33. The molecule has 0 spiro atoms. The zero-order valence-corrected chi connectivity index (χ0v) is 14.9. The number of hydrogen-bond donors (Lipinski definition) is 0. The van der Waals surface area contributed by atoms with E-state index in [1.54, 1.807) is 48.5 Å². The van der Waals surface area contributed by atoms with Gasteiger partial charge in [-0.1, -0.05) is 12.1 Å². The average molecular weight is 380 g/mol. The lowest BCUT2D eigenvalue weighted by atomic mass is 10.2. The predicted octanol–water partition coefficient (Wildman–Crippen LogP) is 4.15. The van der Waals surface area contributed by atoms with E-state index in [4.69, 9.17) is 9.47 Å². The highest BCUT2D eigenvalue weighted by atomic mass is 16.6. The van der Waals surface area contributed by atoms with Gasteiger partial charge in [-0.15, -0.1) is 0 Å².